The maximum Gasteiger partial charge on any atom is 0.306 e. The summed E-state index contributed by atoms with van der Waals surface area (Å²) in [6.45, 7) is 8.60. The summed E-state index contributed by atoms with van der Waals surface area (Å²) >= 11 is 0. The van der Waals surface area contributed by atoms with E-state index in [0.29, 0.717) is 32.7 Å². The van der Waals surface area contributed by atoms with Crippen LogP contribution in [0, 0.1) is 0 Å². The van der Waals surface area contributed by atoms with Crippen LogP contribution < -0.4 is 0 Å². The van der Waals surface area contributed by atoms with Crippen molar-refractivity contribution in [2.24, 2.45) is 0 Å². The van der Waals surface area contributed by atoms with E-state index in [-0.39, 0.29) is 43.6 Å². The number of ether oxygens (including phenoxy) is 6. The molecule has 26 heavy (non-hydrogen) atoms. The van der Waals surface area contributed by atoms with Gasteiger partial charge < -0.3 is 28.4 Å². The van der Waals surface area contributed by atoms with Crippen LogP contribution in [0.5, 0.6) is 0 Å². The van der Waals surface area contributed by atoms with Crippen LogP contribution in [0.4, 0.5) is 0 Å². The van der Waals surface area contributed by atoms with Gasteiger partial charge >= 0.3 is 11.9 Å². The molecule has 0 radical (unpaired) electrons. The molecule has 0 aliphatic carbocycles. The van der Waals surface area contributed by atoms with Gasteiger partial charge in [-0.1, -0.05) is 0 Å². The van der Waals surface area contributed by atoms with E-state index < -0.39 is 11.6 Å². The van der Waals surface area contributed by atoms with Crippen molar-refractivity contribution >= 4 is 11.9 Å². The number of carbonyl (C=O) groups excluding carboxylic acids is 2. The molecule has 4 atom stereocenters. The molecule has 150 valence electrons. The van der Waals surface area contributed by atoms with Gasteiger partial charge in [0.15, 0.2) is 11.6 Å². The molecule has 4 unspecified atom stereocenters. The van der Waals surface area contributed by atoms with E-state index in [1.54, 1.807) is 13.8 Å². The quantitative estimate of drug-likeness (QED) is 0.566. The molecule has 2 fully saturated rings. The first-order chi connectivity index (χ1) is 12.2. The highest BCUT2D eigenvalue weighted by Crippen LogP contribution is 2.29. The second-order valence-electron chi connectivity index (χ2n) is 7.05. The van der Waals surface area contributed by atoms with Crippen molar-refractivity contribution in [3.63, 3.8) is 0 Å². The predicted molar refractivity (Wildman–Crippen MR) is 90.2 cm³/mol. The summed E-state index contributed by atoms with van der Waals surface area (Å²) in [5.41, 5.74) is 0. The molecule has 0 aromatic carbocycles. The molecule has 0 aromatic heterocycles. The van der Waals surface area contributed by atoms with Crippen molar-refractivity contribution in [2.45, 2.75) is 77.2 Å². The van der Waals surface area contributed by atoms with Crippen molar-refractivity contribution in [3.05, 3.63) is 0 Å². The van der Waals surface area contributed by atoms with E-state index in [1.165, 1.54) is 0 Å². The summed E-state index contributed by atoms with van der Waals surface area (Å²) in [4.78, 5) is 23.4. The maximum absolute atomic E-state index is 11.9. The molecule has 2 heterocycles. The Labute approximate surface area is 154 Å². The van der Waals surface area contributed by atoms with Gasteiger partial charge in [0.05, 0.1) is 38.8 Å². The normalized spacial score (nSPS) is 34.0. The van der Waals surface area contributed by atoms with Crippen LogP contribution in [-0.4, -0.2) is 62.1 Å². The van der Waals surface area contributed by atoms with Gasteiger partial charge in [0, 0.05) is 12.8 Å². The van der Waals surface area contributed by atoms with Crippen LogP contribution in [0.3, 0.4) is 0 Å². The molecule has 2 rings (SSSR count). The summed E-state index contributed by atoms with van der Waals surface area (Å²) in [5, 5.41) is 0. The highest BCUT2D eigenvalue weighted by atomic mass is 16.8. The summed E-state index contributed by atoms with van der Waals surface area (Å²) in [6.07, 6.45) is 0.940. The molecule has 0 N–H and O–H groups in total. The Bertz CT molecular complexity index is 496. The first kappa shape index (κ1) is 21.1. The lowest BCUT2D eigenvalue weighted by molar-refractivity contribution is -0.177. The average Bonchev–Trinajstić information content (AvgIpc) is 3.13. The van der Waals surface area contributed by atoms with Crippen LogP contribution in [0.1, 0.15) is 53.4 Å². The third-order valence-electron chi connectivity index (χ3n) is 4.37. The van der Waals surface area contributed by atoms with Crippen LogP contribution in [0.2, 0.25) is 0 Å². The fourth-order valence-corrected chi connectivity index (χ4v) is 2.97. The van der Waals surface area contributed by atoms with E-state index in [4.69, 9.17) is 28.4 Å². The average molecular weight is 374 g/mol. The first-order valence-corrected chi connectivity index (χ1v) is 9.18. The van der Waals surface area contributed by atoms with Gasteiger partial charge in [-0.2, -0.15) is 0 Å². The second-order valence-corrected chi connectivity index (χ2v) is 7.05. The summed E-state index contributed by atoms with van der Waals surface area (Å²) in [7, 11) is 0. The third kappa shape index (κ3) is 6.50. The molecular formula is C18H30O8. The van der Waals surface area contributed by atoms with E-state index in [2.05, 4.69) is 0 Å². The monoisotopic (exact) mass is 374 g/mol. The smallest absolute Gasteiger partial charge is 0.306 e. The van der Waals surface area contributed by atoms with Crippen molar-refractivity contribution < 1.29 is 38.0 Å². The Balaban J connectivity index is 1.64. The van der Waals surface area contributed by atoms with E-state index in [0.717, 1.165) is 0 Å². The highest BCUT2D eigenvalue weighted by Gasteiger charge is 2.39. The summed E-state index contributed by atoms with van der Waals surface area (Å²) in [5.74, 6) is -2.20. The fraction of sp³-hybridized carbons (Fsp3) is 0.889. The zero-order valence-corrected chi connectivity index (χ0v) is 16.1. The lowest BCUT2D eigenvalue weighted by Gasteiger charge is -2.23. The molecule has 0 amide bonds. The predicted octanol–water partition coefficient (Wildman–Crippen LogP) is 1.94. The number of carbonyl (C=O) groups is 2. The van der Waals surface area contributed by atoms with Crippen molar-refractivity contribution in [3.8, 4) is 0 Å². The van der Waals surface area contributed by atoms with Gasteiger partial charge in [-0.15, -0.1) is 0 Å². The Morgan fingerprint density at radius 1 is 0.962 bits per heavy atom. The second kappa shape index (κ2) is 9.12. The fourth-order valence-electron chi connectivity index (χ4n) is 2.97. The van der Waals surface area contributed by atoms with Gasteiger partial charge in [-0.25, -0.2) is 0 Å². The standard InChI is InChI=1S/C18H30O8/c1-5-21-15(19)6-9-18(4)24-12-14(26-18)11-22-16(20)7-8-17(3)23-10-13(2)25-17/h13-14H,5-12H2,1-4H3. The molecule has 0 bridgehead atoms. The largest absolute Gasteiger partial charge is 0.466 e. The van der Waals surface area contributed by atoms with Gasteiger partial charge in [-0.3, -0.25) is 9.59 Å². The van der Waals surface area contributed by atoms with Crippen molar-refractivity contribution in [1.29, 1.82) is 0 Å². The van der Waals surface area contributed by atoms with E-state index in [9.17, 15) is 9.59 Å². The molecule has 0 aromatic rings. The van der Waals surface area contributed by atoms with Crippen LogP contribution in [0.25, 0.3) is 0 Å². The van der Waals surface area contributed by atoms with Gasteiger partial charge in [-0.05, 0) is 27.7 Å². The van der Waals surface area contributed by atoms with Crippen LogP contribution >= 0.6 is 0 Å². The Morgan fingerprint density at radius 3 is 2.12 bits per heavy atom. The van der Waals surface area contributed by atoms with Gasteiger partial charge in [0.1, 0.15) is 12.7 Å². The molecule has 8 heteroatoms. The molecule has 0 saturated carbocycles. The van der Waals surface area contributed by atoms with Gasteiger partial charge in [0.2, 0.25) is 0 Å². The van der Waals surface area contributed by atoms with Crippen molar-refractivity contribution in [1.82, 2.24) is 0 Å². The summed E-state index contributed by atoms with van der Waals surface area (Å²) < 4.78 is 32.8. The molecule has 2 saturated heterocycles. The number of hydrogen-bond acceptors (Lipinski definition) is 8. The molecule has 0 spiro atoms. The minimum Gasteiger partial charge on any atom is -0.466 e. The molecule has 2 aliphatic heterocycles. The Kier molecular flexibility index (Phi) is 7.40. The van der Waals surface area contributed by atoms with Crippen molar-refractivity contribution in [2.75, 3.05) is 26.4 Å². The maximum atomic E-state index is 11.9. The minimum absolute atomic E-state index is 0.0346. The lowest BCUT2D eigenvalue weighted by Crippen LogP contribution is -2.30. The van der Waals surface area contributed by atoms with E-state index in [1.807, 2.05) is 13.8 Å². The van der Waals surface area contributed by atoms with Crippen LogP contribution in [-0.2, 0) is 38.0 Å². The zero-order chi connectivity index (χ0) is 19.2. The third-order valence-corrected chi connectivity index (χ3v) is 4.37. The van der Waals surface area contributed by atoms with Gasteiger partial charge in [0.25, 0.3) is 0 Å². The number of hydrogen-bond donors (Lipinski definition) is 0. The lowest BCUT2D eigenvalue weighted by atomic mass is 10.1. The minimum atomic E-state index is -0.862. The summed E-state index contributed by atoms with van der Waals surface area (Å²) in [6, 6.07) is 0. The highest BCUT2D eigenvalue weighted by molar-refractivity contribution is 5.69. The number of esters is 2. The molecular weight excluding hydrogens is 344 g/mol. The SMILES string of the molecule is CCOC(=O)CCC1(C)OCC(COC(=O)CCC2(C)OCC(C)O2)O1. The van der Waals surface area contributed by atoms with E-state index >= 15 is 0 Å². The van der Waals surface area contributed by atoms with Crippen LogP contribution in [0.15, 0.2) is 0 Å². The zero-order valence-electron chi connectivity index (χ0n) is 16.1. The first-order valence-electron chi connectivity index (χ1n) is 9.18. The molecule has 8 nitrogen and oxygen atoms in total. The Morgan fingerprint density at radius 2 is 1.54 bits per heavy atom. The topological polar surface area (TPSA) is 89.5 Å². The Hall–Kier alpha value is -1.22. The molecule has 2 aliphatic rings. The number of rotatable bonds is 9.